The minimum absolute atomic E-state index is 0.00194. The van der Waals surface area contributed by atoms with Crippen LogP contribution in [0, 0.1) is 6.85 Å². The van der Waals surface area contributed by atoms with Gasteiger partial charge in [-0.1, -0.05) is 12.1 Å². The van der Waals surface area contributed by atoms with Crippen molar-refractivity contribution in [2.45, 2.75) is 6.85 Å². The summed E-state index contributed by atoms with van der Waals surface area (Å²) in [4.78, 5) is 11.4. The van der Waals surface area contributed by atoms with Gasteiger partial charge in [-0.2, -0.15) is 0 Å². The molecule has 1 aromatic carbocycles. The van der Waals surface area contributed by atoms with Crippen LogP contribution in [0.2, 0.25) is 0 Å². The van der Waals surface area contributed by atoms with Crippen LogP contribution in [0.1, 0.15) is 20.0 Å². The highest BCUT2D eigenvalue weighted by atomic mass is 16.5. The van der Waals surface area contributed by atoms with E-state index >= 15 is 0 Å². The van der Waals surface area contributed by atoms with Crippen molar-refractivity contribution < 1.29 is 18.4 Å². The van der Waals surface area contributed by atoms with Gasteiger partial charge in [0, 0.05) is 4.11 Å². The van der Waals surface area contributed by atoms with Gasteiger partial charge in [-0.15, -0.1) is 0 Å². The Morgan fingerprint density at radius 2 is 2.23 bits per heavy atom. The minimum Gasteiger partial charge on any atom is -0.496 e. The molecule has 0 aromatic heterocycles. The molecular weight excluding hydrogens is 168 g/mol. The smallest absolute Gasteiger partial charge is 0.341 e. The van der Waals surface area contributed by atoms with Gasteiger partial charge in [0.05, 0.1) is 14.2 Å². The van der Waals surface area contributed by atoms with Gasteiger partial charge in [0.2, 0.25) is 0 Å². The lowest BCUT2D eigenvalue weighted by Gasteiger charge is -2.08. The van der Waals surface area contributed by atoms with Gasteiger partial charge >= 0.3 is 5.97 Å². The van der Waals surface area contributed by atoms with Crippen molar-refractivity contribution in [2.24, 2.45) is 0 Å². The van der Waals surface area contributed by atoms with Crippen molar-refractivity contribution in [3.05, 3.63) is 29.3 Å². The molecule has 0 fully saturated rings. The first-order chi connectivity index (χ1) is 7.41. The third-order valence-corrected chi connectivity index (χ3v) is 1.62. The van der Waals surface area contributed by atoms with E-state index in [1.165, 1.54) is 32.4 Å². The summed E-state index contributed by atoms with van der Waals surface area (Å²) in [6, 6.07) is 4.34. The summed E-state index contributed by atoms with van der Waals surface area (Å²) < 4.78 is 31.4. The van der Waals surface area contributed by atoms with E-state index in [0.717, 1.165) is 0 Å². The van der Waals surface area contributed by atoms with E-state index in [1.807, 2.05) is 0 Å². The Labute approximate surface area is 81.5 Å². The maximum atomic E-state index is 11.4. The monoisotopic (exact) mass is 183 g/mol. The normalized spacial score (nSPS) is 13.8. The molecule has 0 unspecified atom stereocenters. The molecule has 0 spiro atoms. The van der Waals surface area contributed by atoms with Gasteiger partial charge in [-0.25, -0.2) is 4.79 Å². The summed E-state index contributed by atoms with van der Waals surface area (Å²) in [5.41, 5.74) is 0.108. The molecule has 0 bridgehead atoms. The van der Waals surface area contributed by atoms with Crippen LogP contribution < -0.4 is 4.74 Å². The van der Waals surface area contributed by atoms with Crippen molar-refractivity contribution >= 4 is 5.97 Å². The van der Waals surface area contributed by atoms with Crippen molar-refractivity contribution in [1.29, 1.82) is 0 Å². The lowest BCUT2D eigenvalue weighted by molar-refractivity contribution is 0.0597. The van der Waals surface area contributed by atoms with E-state index in [0.29, 0.717) is 0 Å². The second-order valence-electron chi connectivity index (χ2n) is 2.38. The number of esters is 1. The van der Waals surface area contributed by atoms with Gasteiger partial charge in [-0.05, 0) is 18.5 Å². The van der Waals surface area contributed by atoms with Gasteiger partial charge in [0.15, 0.2) is 0 Å². The average Bonchev–Trinajstić information content (AvgIpc) is 2.25. The quantitative estimate of drug-likeness (QED) is 0.656. The molecular formula is C10H12O3. The maximum Gasteiger partial charge on any atom is 0.341 e. The number of hydrogen-bond donors (Lipinski definition) is 0. The van der Waals surface area contributed by atoms with E-state index < -0.39 is 12.8 Å². The van der Waals surface area contributed by atoms with Crippen molar-refractivity contribution in [1.82, 2.24) is 0 Å². The summed E-state index contributed by atoms with van der Waals surface area (Å²) in [5, 5.41) is 0. The molecule has 0 saturated carbocycles. The average molecular weight is 183 g/mol. The number of para-hydroxylation sites is 1. The first-order valence-electron chi connectivity index (χ1n) is 5.17. The standard InChI is InChI=1S/C10H12O3/c1-7-5-4-6-8(9(7)12-2)10(11)13-3/h4-6H,1-3H3/i1D3. The highest BCUT2D eigenvalue weighted by molar-refractivity contribution is 5.92. The Balaban J connectivity index is 3.38. The first kappa shape index (κ1) is 6.02. The summed E-state index contributed by atoms with van der Waals surface area (Å²) >= 11 is 0. The molecule has 0 N–H and O–H groups in total. The number of aryl methyl sites for hydroxylation is 1. The van der Waals surface area contributed by atoms with E-state index in [4.69, 9.17) is 8.85 Å². The van der Waals surface area contributed by atoms with E-state index in [9.17, 15) is 4.79 Å². The number of rotatable bonds is 2. The highest BCUT2D eigenvalue weighted by Gasteiger charge is 2.13. The Hall–Kier alpha value is -1.51. The topological polar surface area (TPSA) is 35.5 Å². The number of hydrogen-bond acceptors (Lipinski definition) is 3. The minimum atomic E-state index is -2.32. The Morgan fingerprint density at radius 1 is 1.46 bits per heavy atom. The SMILES string of the molecule is [2H]C([2H])([2H])c1cccc(C(=O)OC)c1OC. The van der Waals surface area contributed by atoms with Crippen molar-refractivity contribution in [3.8, 4) is 5.75 Å². The number of ether oxygens (including phenoxy) is 2. The molecule has 0 atom stereocenters. The van der Waals surface area contributed by atoms with Gasteiger partial charge < -0.3 is 9.47 Å². The molecule has 0 aliphatic rings. The predicted octanol–water partition coefficient (Wildman–Crippen LogP) is 1.79. The Bertz CT molecular complexity index is 399. The third kappa shape index (κ3) is 1.80. The molecule has 1 aromatic rings. The number of methoxy groups -OCH3 is 2. The Kier molecular flexibility index (Phi) is 1.82. The van der Waals surface area contributed by atoms with E-state index in [2.05, 4.69) is 4.74 Å². The van der Waals surface area contributed by atoms with Crippen LogP contribution in [0.3, 0.4) is 0 Å². The number of carbonyl (C=O) groups excluding carboxylic acids is 1. The fraction of sp³-hybridized carbons (Fsp3) is 0.300. The molecule has 0 saturated heterocycles. The zero-order valence-corrected chi connectivity index (χ0v) is 7.46. The molecule has 0 heterocycles. The lowest BCUT2D eigenvalue weighted by Crippen LogP contribution is -2.04. The number of carbonyl (C=O) groups is 1. The fourth-order valence-corrected chi connectivity index (χ4v) is 1.03. The van der Waals surface area contributed by atoms with Crippen LogP contribution in [0.4, 0.5) is 0 Å². The van der Waals surface area contributed by atoms with Crippen LogP contribution in [-0.4, -0.2) is 20.2 Å². The lowest BCUT2D eigenvalue weighted by atomic mass is 10.1. The van der Waals surface area contributed by atoms with Crippen LogP contribution in [0.5, 0.6) is 5.75 Å². The third-order valence-electron chi connectivity index (χ3n) is 1.62. The summed E-state index contributed by atoms with van der Waals surface area (Å²) in [6.07, 6.45) is 0. The molecule has 13 heavy (non-hydrogen) atoms. The van der Waals surface area contributed by atoms with Crippen LogP contribution in [0.25, 0.3) is 0 Å². The molecule has 70 valence electrons. The van der Waals surface area contributed by atoms with Crippen LogP contribution in [-0.2, 0) is 4.74 Å². The molecule has 3 heteroatoms. The van der Waals surface area contributed by atoms with Crippen molar-refractivity contribution in [2.75, 3.05) is 14.2 Å². The molecule has 1 rings (SSSR count). The molecule has 0 aliphatic carbocycles. The summed E-state index contributed by atoms with van der Waals surface area (Å²) in [6.45, 7) is -2.32. The Morgan fingerprint density at radius 3 is 2.77 bits per heavy atom. The maximum absolute atomic E-state index is 11.4. The second kappa shape index (κ2) is 3.94. The van der Waals surface area contributed by atoms with Crippen LogP contribution in [0.15, 0.2) is 18.2 Å². The zero-order valence-electron chi connectivity index (χ0n) is 10.5. The summed E-state index contributed by atoms with van der Waals surface area (Å²) in [5.74, 6) is -0.586. The highest BCUT2D eigenvalue weighted by Crippen LogP contribution is 2.23. The first-order valence-corrected chi connectivity index (χ1v) is 3.67. The van der Waals surface area contributed by atoms with E-state index in [-0.39, 0.29) is 16.9 Å². The van der Waals surface area contributed by atoms with Crippen LogP contribution >= 0.6 is 0 Å². The van der Waals surface area contributed by atoms with E-state index in [1.54, 1.807) is 0 Å². The molecule has 0 radical (unpaired) electrons. The fourth-order valence-electron chi connectivity index (χ4n) is 1.03. The van der Waals surface area contributed by atoms with Gasteiger partial charge in [-0.3, -0.25) is 0 Å². The molecule has 3 nitrogen and oxygen atoms in total. The second-order valence-corrected chi connectivity index (χ2v) is 2.38. The van der Waals surface area contributed by atoms with Crippen molar-refractivity contribution in [3.63, 3.8) is 0 Å². The van der Waals surface area contributed by atoms with Gasteiger partial charge in [0.1, 0.15) is 11.3 Å². The summed E-state index contributed by atoms with van der Waals surface area (Å²) in [7, 11) is 2.54. The molecule has 0 amide bonds. The zero-order chi connectivity index (χ0) is 12.3. The predicted molar refractivity (Wildman–Crippen MR) is 49.1 cm³/mol. The molecule has 0 aliphatic heterocycles. The van der Waals surface area contributed by atoms with Gasteiger partial charge in [0.25, 0.3) is 0 Å². The number of benzene rings is 1. The largest absolute Gasteiger partial charge is 0.496 e.